The Hall–Kier alpha value is -7.87. The van der Waals surface area contributed by atoms with E-state index in [-0.39, 0.29) is 133 Å². The Balaban J connectivity index is 1.82. The van der Waals surface area contributed by atoms with Crippen LogP contribution in [0.15, 0.2) is 82.8 Å². The summed E-state index contributed by atoms with van der Waals surface area (Å²) in [7, 11) is 0. The maximum atomic E-state index is 15.2. The molecule has 25 nitrogen and oxygen atoms in total. The number of nitrogens with two attached hydrogens (primary N) is 9. The van der Waals surface area contributed by atoms with Crippen LogP contribution in [0.4, 0.5) is 0 Å². The molecule has 0 saturated carbocycles. The number of rotatable bonds is 28. The van der Waals surface area contributed by atoms with Gasteiger partial charge in [0.1, 0.15) is 23.9 Å². The number of fused-ring (bicyclic) bond motifs is 2. The fourth-order valence-corrected chi connectivity index (χ4v) is 9.57. The average Bonchev–Trinajstić information content (AvgIpc) is 3.47. The first-order chi connectivity index (χ1) is 39.0. The van der Waals surface area contributed by atoms with Crippen LogP contribution in [0.1, 0.15) is 111 Å². The Morgan fingerprint density at radius 3 is 1.54 bits per heavy atom. The Morgan fingerprint density at radius 1 is 0.549 bits per heavy atom. The van der Waals surface area contributed by atoms with Crippen molar-refractivity contribution >= 4 is 53.3 Å². The number of hydrogen-bond donors (Lipinski definition) is 13. The number of primary amides is 1. The molecular weight excluding hydrogens is 1050 g/mol. The molecule has 0 fully saturated rings. The van der Waals surface area contributed by atoms with Crippen molar-refractivity contribution in [2.45, 2.75) is 140 Å². The summed E-state index contributed by atoms with van der Waals surface area (Å²) in [5.74, 6) is -4.17. The predicted molar refractivity (Wildman–Crippen MR) is 315 cm³/mol. The first kappa shape index (κ1) is 66.6. The third-order valence-corrected chi connectivity index (χ3v) is 13.8. The molecule has 0 unspecified atom stereocenters. The number of phenolic OH excluding ortho intramolecular Hbond substituents is 1. The van der Waals surface area contributed by atoms with E-state index >= 15 is 14.4 Å². The van der Waals surface area contributed by atoms with Crippen LogP contribution in [-0.4, -0.2) is 155 Å². The Bertz CT molecular complexity index is 2610. The quantitative estimate of drug-likeness (QED) is 0.0235. The van der Waals surface area contributed by atoms with Gasteiger partial charge in [0.05, 0.1) is 18.1 Å². The van der Waals surface area contributed by atoms with Crippen LogP contribution in [0.25, 0.3) is 0 Å². The Morgan fingerprint density at radius 2 is 1.01 bits per heavy atom. The molecule has 0 spiro atoms. The van der Waals surface area contributed by atoms with E-state index in [0.29, 0.717) is 48.9 Å². The average molecular weight is 1140 g/mol. The fraction of sp³-hybridized carbons (Fsp3) is 0.526. The minimum absolute atomic E-state index is 0.0423. The maximum absolute atomic E-state index is 15.2. The van der Waals surface area contributed by atoms with Crippen molar-refractivity contribution in [1.29, 1.82) is 0 Å². The highest BCUT2D eigenvalue weighted by atomic mass is 16.3. The van der Waals surface area contributed by atoms with Crippen LogP contribution in [0.5, 0.6) is 5.75 Å². The van der Waals surface area contributed by atoms with Gasteiger partial charge in [0, 0.05) is 64.3 Å². The number of guanidine groups is 2. The molecule has 1 aliphatic rings. The smallest absolute Gasteiger partial charge is 0.248 e. The van der Waals surface area contributed by atoms with Crippen LogP contribution in [0.2, 0.25) is 0 Å². The summed E-state index contributed by atoms with van der Waals surface area (Å²) in [6.45, 7) is 4.59. The number of phenols is 1. The third-order valence-electron chi connectivity index (χ3n) is 13.8. The zero-order valence-corrected chi connectivity index (χ0v) is 47.6. The molecule has 1 heterocycles. The second-order valence-corrected chi connectivity index (χ2v) is 21.3. The standard InChI is InChI=1S/C57H89N17O8/c1-36(2)28-47(70-52(79)45(61)32-38-17-19-42(75)20-18-38)54(81)73-26-10-24-72(53(80)46(16-9-23-68-57(65)66)69-50(77)44(60)15-8-22-67-56(63)64)25-11-27-74(35-40-29-39(34-73)30-41(31-40)49(62)76)55(82)48(33-37-12-4-3-5-13-37)71-51(78)43(59)14-6-7-21-58/h3-5,12-13,17-20,29-31,36,43-48,75H,6-11,14-16,21-28,32-35,58-61H2,1-2H3,(H2,62,76)(H,69,77)(H,70,79)(H,71,78)(H4,63,64,67)(H4,65,66,68)/t43-,44-,45-,46-,47-,48-/m0/s1. The van der Waals surface area contributed by atoms with E-state index < -0.39 is 77.6 Å². The van der Waals surface area contributed by atoms with Crippen LogP contribution < -0.4 is 67.6 Å². The van der Waals surface area contributed by atoms with Gasteiger partial charge in [-0.2, -0.15) is 0 Å². The Labute approximate surface area is 480 Å². The van der Waals surface area contributed by atoms with Crippen LogP contribution in [-0.2, 0) is 54.7 Å². The van der Waals surface area contributed by atoms with E-state index in [4.69, 9.17) is 51.6 Å². The SMILES string of the molecule is CC(C)C[C@H](NC(=O)[C@@H](N)Cc1ccc(O)cc1)C(=O)N1CCCN(C(=O)[C@H](CCCN=C(N)N)NC(=O)[C@@H](N)CCCN=C(N)N)CCCN(C(=O)[C@H](Cc2ccccc2)NC(=O)[C@@H](N)CCCCN)Cc2cc(cc(C(N)=O)c2)C1. The number of nitrogens with one attached hydrogen (secondary N) is 3. The summed E-state index contributed by atoms with van der Waals surface area (Å²) in [6.07, 6.45) is 3.36. The number of carbonyl (C=O) groups is 7. The van der Waals surface area contributed by atoms with Gasteiger partial charge in [-0.05, 0) is 123 Å². The maximum Gasteiger partial charge on any atom is 0.248 e. The lowest BCUT2D eigenvalue weighted by atomic mass is 9.99. The van der Waals surface area contributed by atoms with Crippen molar-refractivity contribution in [3.63, 3.8) is 0 Å². The van der Waals surface area contributed by atoms with Crippen LogP contribution in [0, 0.1) is 5.92 Å². The van der Waals surface area contributed by atoms with Gasteiger partial charge in [-0.15, -0.1) is 0 Å². The minimum atomic E-state index is -1.12. The topological polar surface area (TPSA) is 444 Å². The summed E-state index contributed by atoms with van der Waals surface area (Å²) in [5.41, 5.74) is 55.5. The molecule has 22 N–H and O–H groups in total. The number of unbranched alkanes of at least 4 members (excludes halogenated alkanes) is 1. The first-order valence-electron chi connectivity index (χ1n) is 28.1. The number of carbonyl (C=O) groups excluding carboxylic acids is 7. The highest BCUT2D eigenvalue weighted by Gasteiger charge is 2.33. The van der Waals surface area contributed by atoms with E-state index in [1.165, 1.54) is 17.0 Å². The second-order valence-electron chi connectivity index (χ2n) is 21.3. The molecule has 1 aliphatic heterocycles. The highest BCUT2D eigenvalue weighted by molar-refractivity contribution is 5.94. The van der Waals surface area contributed by atoms with Gasteiger partial charge >= 0.3 is 0 Å². The third kappa shape index (κ3) is 23.3. The van der Waals surface area contributed by atoms with Gasteiger partial charge in [-0.1, -0.05) is 68.8 Å². The van der Waals surface area contributed by atoms with Gasteiger partial charge in [0.2, 0.25) is 41.4 Å². The molecule has 0 radical (unpaired) electrons. The van der Waals surface area contributed by atoms with Crippen LogP contribution >= 0.6 is 0 Å². The molecule has 7 amide bonds. The lowest BCUT2D eigenvalue weighted by Gasteiger charge is -2.33. The summed E-state index contributed by atoms with van der Waals surface area (Å²) < 4.78 is 0. The molecule has 0 saturated heterocycles. The number of benzene rings is 3. The van der Waals surface area contributed by atoms with Gasteiger partial charge in [0.15, 0.2) is 11.9 Å². The van der Waals surface area contributed by atoms with E-state index in [1.807, 2.05) is 44.2 Å². The summed E-state index contributed by atoms with van der Waals surface area (Å²) in [6, 6.07) is 14.0. The predicted octanol–water partition coefficient (Wildman–Crippen LogP) is -1.03. The van der Waals surface area contributed by atoms with E-state index in [2.05, 4.69) is 25.9 Å². The van der Waals surface area contributed by atoms with Crippen molar-refractivity contribution < 1.29 is 38.7 Å². The molecule has 2 bridgehead atoms. The first-order valence-corrected chi connectivity index (χ1v) is 28.1. The van der Waals surface area contributed by atoms with E-state index in [0.717, 1.165) is 5.56 Å². The second kappa shape index (κ2) is 34.4. The molecule has 4 rings (SSSR count). The summed E-state index contributed by atoms with van der Waals surface area (Å²) in [5, 5.41) is 18.5. The van der Waals surface area contributed by atoms with Gasteiger partial charge in [-0.3, -0.25) is 43.5 Å². The number of nitrogens with zero attached hydrogens (tertiary/aromatic N) is 5. The molecule has 82 heavy (non-hydrogen) atoms. The van der Waals surface area contributed by atoms with Crippen molar-refractivity contribution in [3.05, 3.63) is 101 Å². The molecular formula is C57H89N17O8. The van der Waals surface area contributed by atoms with Crippen molar-refractivity contribution in [3.8, 4) is 5.75 Å². The largest absolute Gasteiger partial charge is 0.508 e. The summed E-state index contributed by atoms with van der Waals surface area (Å²) in [4.78, 5) is 113. The zero-order valence-electron chi connectivity index (χ0n) is 47.6. The number of amides is 7. The highest BCUT2D eigenvalue weighted by Crippen LogP contribution is 2.21. The molecule has 0 aliphatic carbocycles. The fourth-order valence-electron chi connectivity index (χ4n) is 9.57. The van der Waals surface area contributed by atoms with Crippen LogP contribution in [0.3, 0.4) is 0 Å². The summed E-state index contributed by atoms with van der Waals surface area (Å²) >= 11 is 0. The van der Waals surface area contributed by atoms with Crippen molar-refractivity contribution in [1.82, 2.24) is 30.7 Å². The van der Waals surface area contributed by atoms with E-state index in [1.54, 1.807) is 40.1 Å². The number of aliphatic imine (C=N–C) groups is 2. The normalized spacial score (nSPS) is 15.3. The number of hydrogen-bond acceptors (Lipinski definition) is 14. The molecule has 3 aromatic rings. The van der Waals surface area contributed by atoms with E-state index in [9.17, 15) is 24.3 Å². The number of aromatic hydroxyl groups is 1. The van der Waals surface area contributed by atoms with Crippen molar-refractivity contribution in [2.24, 2.45) is 67.5 Å². The monoisotopic (exact) mass is 1140 g/mol. The molecule has 6 atom stereocenters. The van der Waals surface area contributed by atoms with Gasteiger partial charge in [0.25, 0.3) is 0 Å². The molecule has 25 heteroatoms. The minimum Gasteiger partial charge on any atom is -0.508 e. The lowest BCUT2D eigenvalue weighted by Crippen LogP contribution is -2.55. The lowest BCUT2D eigenvalue weighted by molar-refractivity contribution is -0.139. The van der Waals surface area contributed by atoms with Gasteiger partial charge in [-0.25, -0.2) is 0 Å². The molecule has 450 valence electrons. The van der Waals surface area contributed by atoms with Gasteiger partial charge < -0.3 is 87.4 Å². The Kier molecular flexibility index (Phi) is 28.0. The zero-order chi connectivity index (χ0) is 60.3. The molecule has 0 aromatic heterocycles. The molecule has 3 aromatic carbocycles. The van der Waals surface area contributed by atoms with Crippen molar-refractivity contribution in [2.75, 3.05) is 45.8 Å².